The monoisotopic (exact) mass is 238 g/mol. The first-order valence-electron chi connectivity index (χ1n) is 6.73. The lowest BCUT2D eigenvalue weighted by atomic mass is 9.80. The van der Waals surface area contributed by atoms with Crippen LogP contribution in [0.15, 0.2) is 0 Å². The van der Waals surface area contributed by atoms with Gasteiger partial charge < -0.3 is 5.32 Å². The van der Waals surface area contributed by atoms with E-state index in [1.165, 1.54) is 24.2 Å². The molecule has 1 aliphatic carbocycles. The molecule has 4 heteroatoms. The van der Waals surface area contributed by atoms with Crippen molar-refractivity contribution in [3.05, 3.63) is 0 Å². The van der Waals surface area contributed by atoms with Gasteiger partial charge in [0.25, 0.3) is 0 Å². The summed E-state index contributed by atoms with van der Waals surface area (Å²) in [5, 5.41) is 3.34. The summed E-state index contributed by atoms with van der Waals surface area (Å²) < 4.78 is 0. The van der Waals surface area contributed by atoms with Gasteiger partial charge >= 0.3 is 0 Å². The minimum Gasteiger partial charge on any atom is -0.303 e. The van der Waals surface area contributed by atoms with E-state index in [9.17, 15) is 9.59 Å². The highest BCUT2D eigenvalue weighted by Gasteiger charge is 2.39. The Kier molecular flexibility index (Phi) is 3.82. The van der Waals surface area contributed by atoms with Crippen molar-refractivity contribution in [3.63, 3.8) is 0 Å². The van der Waals surface area contributed by atoms with Gasteiger partial charge in [0.15, 0.2) is 0 Å². The molecule has 17 heavy (non-hydrogen) atoms. The molecule has 1 aliphatic heterocycles. The molecular weight excluding hydrogens is 216 g/mol. The first kappa shape index (κ1) is 12.6. The third-order valence-corrected chi connectivity index (χ3v) is 4.01. The van der Waals surface area contributed by atoms with Crippen LogP contribution in [-0.4, -0.2) is 35.3 Å². The van der Waals surface area contributed by atoms with E-state index in [0.29, 0.717) is 24.9 Å². The van der Waals surface area contributed by atoms with E-state index >= 15 is 0 Å². The zero-order chi connectivity index (χ0) is 12.4. The molecule has 0 spiro atoms. The zero-order valence-electron chi connectivity index (χ0n) is 10.7. The number of nitrogens with zero attached hydrogens (tertiary/aromatic N) is 1. The van der Waals surface area contributed by atoms with Gasteiger partial charge in [0.2, 0.25) is 11.8 Å². The first-order valence-corrected chi connectivity index (χ1v) is 6.73. The molecule has 2 fully saturated rings. The SMILES string of the molecule is CCCN1C(=O)CC(NC(C)C2CCC2)C1=O. The quantitative estimate of drug-likeness (QED) is 0.735. The van der Waals surface area contributed by atoms with Crippen LogP contribution in [0.25, 0.3) is 0 Å². The highest BCUT2D eigenvalue weighted by molar-refractivity contribution is 6.05. The van der Waals surface area contributed by atoms with Gasteiger partial charge in [-0.3, -0.25) is 14.5 Å². The van der Waals surface area contributed by atoms with Gasteiger partial charge in [-0.1, -0.05) is 13.3 Å². The second kappa shape index (κ2) is 5.17. The third kappa shape index (κ3) is 2.51. The lowest BCUT2D eigenvalue weighted by molar-refractivity contribution is -0.138. The average Bonchev–Trinajstić information content (AvgIpc) is 2.43. The molecule has 2 amide bonds. The first-order chi connectivity index (χ1) is 8.13. The van der Waals surface area contributed by atoms with E-state index in [1.807, 2.05) is 6.92 Å². The van der Waals surface area contributed by atoms with E-state index in [2.05, 4.69) is 12.2 Å². The van der Waals surface area contributed by atoms with Gasteiger partial charge in [-0.05, 0) is 32.1 Å². The predicted octanol–water partition coefficient (Wildman–Crippen LogP) is 1.30. The molecular formula is C13H22N2O2. The molecule has 2 unspecified atom stereocenters. The Balaban J connectivity index is 1.89. The fourth-order valence-electron chi connectivity index (χ4n) is 2.67. The largest absolute Gasteiger partial charge is 0.303 e. The Bertz CT molecular complexity index is 313. The van der Waals surface area contributed by atoms with Crippen LogP contribution in [0.4, 0.5) is 0 Å². The molecule has 0 radical (unpaired) electrons. The summed E-state index contributed by atoms with van der Waals surface area (Å²) in [6.45, 7) is 4.68. The molecule has 4 nitrogen and oxygen atoms in total. The second-order valence-corrected chi connectivity index (χ2v) is 5.29. The van der Waals surface area contributed by atoms with Crippen molar-refractivity contribution in [1.82, 2.24) is 10.2 Å². The summed E-state index contributed by atoms with van der Waals surface area (Å²) in [5.41, 5.74) is 0. The van der Waals surface area contributed by atoms with Crippen LogP contribution in [0.5, 0.6) is 0 Å². The summed E-state index contributed by atoms with van der Waals surface area (Å²) in [6, 6.07) is 0.0803. The van der Waals surface area contributed by atoms with Crippen LogP contribution >= 0.6 is 0 Å². The molecule has 1 N–H and O–H groups in total. The Morgan fingerprint density at radius 3 is 2.65 bits per heavy atom. The number of hydrogen-bond donors (Lipinski definition) is 1. The Morgan fingerprint density at radius 2 is 2.12 bits per heavy atom. The predicted molar refractivity (Wildman–Crippen MR) is 65.4 cm³/mol. The highest BCUT2D eigenvalue weighted by atomic mass is 16.2. The van der Waals surface area contributed by atoms with Gasteiger partial charge in [-0.15, -0.1) is 0 Å². The van der Waals surface area contributed by atoms with Gasteiger partial charge in [0.05, 0.1) is 12.5 Å². The number of likely N-dealkylation sites (tertiary alicyclic amines) is 1. The maximum atomic E-state index is 12.0. The summed E-state index contributed by atoms with van der Waals surface area (Å²) >= 11 is 0. The fourth-order valence-corrected chi connectivity index (χ4v) is 2.67. The topological polar surface area (TPSA) is 49.4 Å². The minimum atomic E-state index is -0.273. The van der Waals surface area contributed by atoms with E-state index in [4.69, 9.17) is 0 Å². The smallest absolute Gasteiger partial charge is 0.246 e. The summed E-state index contributed by atoms with van der Waals surface area (Å²) in [5.74, 6) is 0.649. The van der Waals surface area contributed by atoms with Crippen molar-refractivity contribution >= 4 is 11.8 Å². The number of carbonyl (C=O) groups excluding carboxylic acids is 2. The number of imide groups is 1. The molecule has 2 aliphatic rings. The maximum Gasteiger partial charge on any atom is 0.246 e. The highest BCUT2D eigenvalue weighted by Crippen LogP contribution is 2.30. The van der Waals surface area contributed by atoms with Gasteiger partial charge in [0.1, 0.15) is 0 Å². The molecule has 0 aromatic heterocycles. The Labute approximate surface area is 103 Å². The average molecular weight is 238 g/mol. The molecule has 2 rings (SSSR count). The zero-order valence-corrected chi connectivity index (χ0v) is 10.7. The van der Waals surface area contributed by atoms with Crippen molar-refractivity contribution < 1.29 is 9.59 Å². The molecule has 0 bridgehead atoms. The minimum absolute atomic E-state index is 0.0184. The number of rotatable bonds is 5. The maximum absolute atomic E-state index is 12.0. The van der Waals surface area contributed by atoms with Crippen molar-refractivity contribution in [2.75, 3.05) is 6.54 Å². The van der Waals surface area contributed by atoms with Crippen LogP contribution in [0.1, 0.15) is 46.0 Å². The summed E-state index contributed by atoms with van der Waals surface area (Å²) in [6.07, 6.45) is 4.98. The molecule has 96 valence electrons. The summed E-state index contributed by atoms with van der Waals surface area (Å²) in [4.78, 5) is 25.1. The standard InChI is InChI=1S/C13H22N2O2/c1-3-7-15-12(16)8-11(13(15)17)14-9(2)10-5-4-6-10/h9-11,14H,3-8H2,1-2H3. The number of carbonyl (C=O) groups is 2. The van der Waals surface area contributed by atoms with E-state index < -0.39 is 0 Å². The van der Waals surface area contributed by atoms with Gasteiger partial charge in [-0.2, -0.15) is 0 Å². The summed E-state index contributed by atoms with van der Waals surface area (Å²) in [7, 11) is 0. The lowest BCUT2D eigenvalue weighted by Crippen LogP contribution is -2.46. The number of hydrogen-bond acceptors (Lipinski definition) is 3. The normalized spacial score (nSPS) is 27.4. The van der Waals surface area contributed by atoms with Crippen molar-refractivity contribution in [3.8, 4) is 0 Å². The van der Waals surface area contributed by atoms with Crippen LogP contribution in [0, 0.1) is 5.92 Å². The van der Waals surface area contributed by atoms with Crippen LogP contribution in [-0.2, 0) is 9.59 Å². The van der Waals surface area contributed by atoms with E-state index in [-0.39, 0.29) is 17.9 Å². The van der Waals surface area contributed by atoms with Crippen molar-refractivity contribution in [2.24, 2.45) is 5.92 Å². The van der Waals surface area contributed by atoms with Crippen LogP contribution in [0.2, 0.25) is 0 Å². The van der Waals surface area contributed by atoms with E-state index in [1.54, 1.807) is 0 Å². The van der Waals surface area contributed by atoms with Crippen molar-refractivity contribution in [1.29, 1.82) is 0 Å². The van der Waals surface area contributed by atoms with Gasteiger partial charge in [0, 0.05) is 12.6 Å². The Hall–Kier alpha value is -0.900. The second-order valence-electron chi connectivity index (χ2n) is 5.29. The number of nitrogens with one attached hydrogen (secondary N) is 1. The molecule has 1 heterocycles. The molecule has 1 saturated carbocycles. The third-order valence-electron chi connectivity index (χ3n) is 4.01. The van der Waals surface area contributed by atoms with E-state index in [0.717, 1.165) is 6.42 Å². The number of amides is 2. The lowest BCUT2D eigenvalue weighted by Gasteiger charge is -2.33. The Morgan fingerprint density at radius 1 is 1.41 bits per heavy atom. The van der Waals surface area contributed by atoms with Crippen molar-refractivity contribution in [2.45, 2.75) is 58.0 Å². The molecule has 0 aromatic rings. The molecule has 2 atom stereocenters. The van der Waals surface area contributed by atoms with Crippen LogP contribution < -0.4 is 5.32 Å². The van der Waals surface area contributed by atoms with Crippen LogP contribution in [0.3, 0.4) is 0 Å². The molecule has 1 saturated heterocycles. The fraction of sp³-hybridized carbons (Fsp3) is 0.846. The molecule has 0 aromatic carbocycles. The van der Waals surface area contributed by atoms with Gasteiger partial charge in [-0.25, -0.2) is 0 Å².